The van der Waals surface area contributed by atoms with E-state index in [4.69, 9.17) is 9.47 Å². The van der Waals surface area contributed by atoms with Crippen LogP contribution >= 0.6 is 0 Å². The van der Waals surface area contributed by atoms with Gasteiger partial charge in [-0.05, 0) is 63.4 Å². The summed E-state index contributed by atoms with van der Waals surface area (Å²) in [7, 11) is 5.61. The number of nitrogens with zero attached hydrogens (tertiary/aromatic N) is 3. The largest absolute Gasteiger partial charge is 0.490 e. The van der Waals surface area contributed by atoms with Crippen LogP contribution in [-0.2, 0) is 4.74 Å². The van der Waals surface area contributed by atoms with Crippen molar-refractivity contribution in [1.82, 2.24) is 9.80 Å². The summed E-state index contributed by atoms with van der Waals surface area (Å²) in [5.41, 5.74) is 2.08. The van der Waals surface area contributed by atoms with Gasteiger partial charge in [-0.3, -0.25) is 4.79 Å². The molecule has 0 aromatic heterocycles. The summed E-state index contributed by atoms with van der Waals surface area (Å²) >= 11 is 0. The molecule has 0 aliphatic carbocycles. The fraction of sp³-hybridized carbons (Fsp3) is 0.548. The van der Waals surface area contributed by atoms with Crippen LogP contribution in [-0.4, -0.2) is 92.5 Å². The predicted molar refractivity (Wildman–Crippen MR) is 159 cm³/mol. The average molecular weight is 555 g/mol. The number of aliphatic hydroxyl groups is 1. The highest BCUT2D eigenvalue weighted by atomic mass is 16.5. The van der Waals surface area contributed by atoms with Crippen LogP contribution in [0.4, 0.5) is 16.2 Å². The lowest BCUT2D eigenvalue weighted by Crippen LogP contribution is -2.48. The molecule has 9 nitrogen and oxygen atoms in total. The maximum atomic E-state index is 14.1. The van der Waals surface area contributed by atoms with E-state index in [2.05, 4.69) is 5.32 Å². The number of benzene rings is 2. The SMILES string of the molecule is C[C@@H]1CCCCO[C@H](CN(C)C(=O)Nc2ccccc2)[C@H](C)CN([C@H](C)CO)C(=O)c2cc(N(C)C)ccc2O1. The number of carbonyl (C=O) groups excluding carboxylic acids is 2. The molecule has 220 valence electrons. The minimum Gasteiger partial charge on any atom is -0.490 e. The number of hydrogen-bond acceptors (Lipinski definition) is 6. The quantitative estimate of drug-likeness (QED) is 0.537. The molecule has 1 aliphatic rings. The number of ether oxygens (including phenoxy) is 2. The molecule has 4 atom stereocenters. The van der Waals surface area contributed by atoms with Crippen molar-refractivity contribution in [3.63, 3.8) is 0 Å². The van der Waals surface area contributed by atoms with Crippen LogP contribution in [0.25, 0.3) is 0 Å². The van der Waals surface area contributed by atoms with Crippen LogP contribution in [0.2, 0.25) is 0 Å². The van der Waals surface area contributed by atoms with Crippen molar-refractivity contribution < 1.29 is 24.2 Å². The molecule has 0 radical (unpaired) electrons. The van der Waals surface area contributed by atoms with Crippen molar-refractivity contribution in [2.45, 2.75) is 58.3 Å². The molecule has 1 aliphatic heterocycles. The third-order valence-corrected chi connectivity index (χ3v) is 7.38. The predicted octanol–water partition coefficient (Wildman–Crippen LogP) is 4.71. The molecule has 0 saturated carbocycles. The molecule has 2 N–H and O–H groups in total. The van der Waals surface area contributed by atoms with Gasteiger partial charge >= 0.3 is 6.03 Å². The van der Waals surface area contributed by atoms with E-state index in [1.54, 1.807) is 16.8 Å². The molecule has 0 fully saturated rings. The number of rotatable bonds is 6. The molecular weight excluding hydrogens is 508 g/mol. The van der Waals surface area contributed by atoms with E-state index < -0.39 is 6.04 Å². The van der Waals surface area contributed by atoms with Crippen LogP contribution in [0.1, 0.15) is 50.4 Å². The van der Waals surface area contributed by atoms with Gasteiger partial charge in [0.25, 0.3) is 5.91 Å². The Morgan fingerprint density at radius 3 is 2.52 bits per heavy atom. The molecule has 40 heavy (non-hydrogen) atoms. The van der Waals surface area contributed by atoms with Crippen LogP contribution in [0.5, 0.6) is 5.75 Å². The number of carbonyl (C=O) groups is 2. The summed E-state index contributed by atoms with van der Waals surface area (Å²) in [5.74, 6) is 0.228. The number of anilines is 2. The van der Waals surface area contributed by atoms with Crippen molar-refractivity contribution in [2.75, 3.05) is 57.7 Å². The van der Waals surface area contributed by atoms with Gasteiger partial charge in [-0.2, -0.15) is 0 Å². The normalized spacial score (nSPS) is 21.4. The first-order valence-corrected chi connectivity index (χ1v) is 14.2. The van der Waals surface area contributed by atoms with E-state index in [0.29, 0.717) is 31.0 Å². The first-order chi connectivity index (χ1) is 19.1. The second-order valence-electron chi connectivity index (χ2n) is 11.1. The van der Waals surface area contributed by atoms with Crippen LogP contribution in [0.3, 0.4) is 0 Å². The van der Waals surface area contributed by atoms with Gasteiger partial charge in [0.2, 0.25) is 0 Å². The Kier molecular flexibility index (Phi) is 11.6. The molecule has 1 heterocycles. The lowest BCUT2D eigenvalue weighted by Gasteiger charge is -2.36. The van der Waals surface area contributed by atoms with Gasteiger partial charge in [0, 0.05) is 58.1 Å². The number of fused-ring (bicyclic) bond motifs is 1. The van der Waals surface area contributed by atoms with E-state index in [9.17, 15) is 14.7 Å². The van der Waals surface area contributed by atoms with Gasteiger partial charge in [0.15, 0.2) is 0 Å². The molecule has 0 unspecified atom stereocenters. The van der Waals surface area contributed by atoms with Crippen molar-refractivity contribution >= 4 is 23.3 Å². The van der Waals surface area contributed by atoms with Crippen LogP contribution < -0.4 is 15.0 Å². The third kappa shape index (κ3) is 8.60. The number of aliphatic hydroxyl groups excluding tert-OH is 1. The summed E-state index contributed by atoms with van der Waals surface area (Å²) < 4.78 is 12.6. The minimum atomic E-state index is -0.420. The van der Waals surface area contributed by atoms with Crippen molar-refractivity contribution in [3.05, 3.63) is 54.1 Å². The smallest absolute Gasteiger partial charge is 0.321 e. The van der Waals surface area contributed by atoms with Gasteiger partial charge in [-0.1, -0.05) is 25.1 Å². The highest BCUT2D eigenvalue weighted by Gasteiger charge is 2.31. The molecule has 3 amide bonds. The Morgan fingerprint density at radius 1 is 1.12 bits per heavy atom. The lowest BCUT2D eigenvalue weighted by atomic mass is 10.0. The van der Waals surface area contributed by atoms with Gasteiger partial charge in [0.1, 0.15) is 5.75 Å². The fourth-order valence-corrected chi connectivity index (χ4v) is 4.74. The van der Waals surface area contributed by atoms with Crippen LogP contribution in [0, 0.1) is 5.92 Å². The third-order valence-electron chi connectivity index (χ3n) is 7.38. The summed E-state index contributed by atoms with van der Waals surface area (Å²) in [4.78, 5) is 32.3. The molecule has 0 spiro atoms. The summed E-state index contributed by atoms with van der Waals surface area (Å²) in [6.45, 7) is 6.95. The number of nitrogens with one attached hydrogen (secondary N) is 1. The summed E-state index contributed by atoms with van der Waals surface area (Å²) in [6, 6.07) is 14.4. The molecule has 9 heteroatoms. The van der Waals surface area contributed by atoms with E-state index in [0.717, 1.165) is 30.6 Å². The van der Waals surface area contributed by atoms with Crippen molar-refractivity contribution in [3.8, 4) is 5.75 Å². The summed E-state index contributed by atoms with van der Waals surface area (Å²) in [6.07, 6.45) is 2.21. The Labute approximate surface area is 239 Å². The van der Waals surface area contributed by atoms with E-state index >= 15 is 0 Å². The summed E-state index contributed by atoms with van der Waals surface area (Å²) in [5, 5.41) is 13.0. The maximum absolute atomic E-state index is 14.1. The number of amides is 3. The second kappa shape index (κ2) is 14.9. The fourth-order valence-electron chi connectivity index (χ4n) is 4.74. The molecule has 2 aromatic carbocycles. The van der Waals surface area contributed by atoms with E-state index in [1.165, 1.54) is 0 Å². The molecule has 0 saturated heterocycles. The molecule has 3 rings (SSSR count). The zero-order chi connectivity index (χ0) is 29.2. The zero-order valence-corrected chi connectivity index (χ0v) is 24.8. The number of urea groups is 1. The monoisotopic (exact) mass is 554 g/mol. The maximum Gasteiger partial charge on any atom is 0.321 e. The van der Waals surface area contributed by atoms with Gasteiger partial charge < -0.3 is 34.6 Å². The van der Waals surface area contributed by atoms with Crippen molar-refractivity contribution in [2.24, 2.45) is 5.92 Å². The highest BCUT2D eigenvalue weighted by Crippen LogP contribution is 2.29. The minimum absolute atomic E-state index is 0.0778. The van der Waals surface area contributed by atoms with Crippen LogP contribution in [0.15, 0.2) is 48.5 Å². The number of likely N-dealkylation sites (N-methyl/N-ethyl adjacent to an activating group) is 1. The standard InChI is InChI=1S/C31H46N4O5/c1-22-19-35(23(2)21-36)30(37)27-18-26(33(4)5)15-16-28(27)40-24(3)12-10-11-17-39-29(22)20-34(6)31(38)32-25-13-8-7-9-14-25/h7-9,13-16,18,22-24,29,36H,10-12,17,19-21H2,1-6H3,(H,32,38)/t22-,23-,24-,29-/m1/s1. The molecular formula is C31H46N4O5. The first-order valence-electron chi connectivity index (χ1n) is 14.2. The Morgan fingerprint density at radius 2 is 1.85 bits per heavy atom. The Hall–Kier alpha value is -3.30. The highest BCUT2D eigenvalue weighted by molar-refractivity contribution is 5.98. The number of para-hydroxylation sites is 1. The van der Waals surface area contributed by atoms with Crippen molar-refractivity contribution in [1.29, 1.82) is 0 Å². The Balaban J connectivity index is 1.88. The van der Waals surface area contributed by atoms with Gasteiger partial charge in [-0.25, -0.2) is 4.79 Å². The lowest BCUT2D eigenvalue weighted by molar-refractivity contribution is -0.0115. The zero-order valence-electron chi connectivity index (χ0n) is 24.8. The topological polar surface area (TPSA) is 94.6 Å². The Bertz CT molecular complexity index is 1100. The molecule has 0 bridgehead atoms. The van der Waals surface area contributed by atoms with E-state index in [1.807, 2.05) is 88.3 Å². The average Bonchev–Trinajstić information content (AvgIpc) is 2.94. The molecule has 2 aromatic rings. The van der Waals surface area contributed by atoms with Gasteiger partial charge in [-0.15, -0.1) is 0 Å². The first kappa shape index (κ1) is 31.2. The number of hydrogen-bond donors (Lipinski definition) is 2. The van der Waals surface area contributed by atoms with Gasteiger partial charge in [0.05, 0.1) is 30.4 Å². The second-order valence-corrected chi connectivity index (χ2v) is 11.1. The van der Waals surface area contributed by atoms with E-state index in [-0.39, 0.29) is 36.7 Å².